The van der Waals surface area contributed by atoms with Gasteiger partial charge >= 0.3 is 0 Å². The number of rotatable bonds is 5. The normalized spacial score (nSPS) is 22.1. The highest BCUT2D eigenvalue weighted by Gasteiger charge is 2.27. The van der Waals surface area contributed by atoms with Crippen molar-refractivity contribution in [1.82, 2.24) is 10.2 Å². The van der Waals surface area contributed by atoms with Crippen molar-refractivity contribution < 1.29 is 0 Å². The number of nitrogens with one attached hydrogen (secondary N) is 1. The van der Waals surface area contributed by atoms with Crippen molar-refractivity contribution in [3.05, 3.63) is 34.9 Å². The predicted octanol–water partition coefficient (Wildman–Crippen LogP) is 3.72. The number of likely N-dealkylation sites (tertiary alicyclic amines) is 1. The van der Waals surface area contributed by atoms with E-state index in [0.29, 0.717) is 12.1 Å². The lowest BCUT2D eigenvalue weighted by molar-refractivity contribution is 0.251. The molecule has 0 amide bonds. The van der Waals surface area contributed by atoms with Gasteiger partial charge in [0.2, 0.25) is 0 Å². The van der Waals surface area contributed by atoms with E-state index in [2.05, 4.69) is 43.1 Å². The second-order valence-corrected chi connectivity index (χ2v) is 6.32. The summed E-state index contributed by atoms with van der Waals surface area (Å²) in [5.41, 5.74) is 1.25. The first-order valence-electron chi connectivity index (χ1n) is 7.29. The fourth-order valence-electron chi connectivity index (χ4n) is 2.79. The van der Waals surface area contributed by atoms with Gasteiger partial charge in [-0.1, -0.05) is 43.6 Å². The van der Waals surface area contributed by atoms with Crippen LogP contribution in [-0.2, 0) is 0 Å². The summed E-state index contributed by atoms with van der Waals surface area (Å²) in [6.45, 7) is 10.2. The van der Waals surface area contributed by atoms with Crippen molar-refractivity contribution in [3.63, 3.8) is 0 Å². The predicted molar refractivity (Wildman–Crippen MR) is 82.7 cm³/mol. The van der Waals surface area contributed by atoms with Gasteiger partial charge in [-0.2, -0.15) is 0 Å². The lowest BCUT2D eigenvalue weighted by atomic mass is 10.1. The van der Waals surface area contributed by atoms with Crippen LogP contribution in [0.15, 0.2) is 24.3 Å². The minimum atomic E-state index is 0.415. The van der Waals surface area contributed by atoms with Crippen LogP contribution in [-0.4, -0.2) is 30.6 Å². The summed E-state index contributed by atoms with van der Waals surface area (Å²) >= 11 is 6.30. The quantitative estimate of drug-likeness (QED) is 0.884. The van der Waals surface area contributed by atoms with E-state index in [-0.39, 0.29) is 0 Å². The molecule has 1 aliphatic rings. The molecule has 2 rings (SSSR count). The summed E-state index contributed by atoms with van der Waals surface area (Å²) in [6, 6.07) is 9.20. The largest absolute Gasteiger partial charge is 0.314 e. The maximum absolute atomic E-state index is 6.30. The van der Waals surface area contributed by atoms with Crippen LogP contribution in [0, 0.1) is 5.92 Å². The molecule has 0 aromatic heterocycles. The van der Waals surface area contributed by atoms with Gasteiger partial charge in [0.05, 0.1) is 0 Å². The Bertz CT molecular complexity index is 405. The Morgan fingerprint density at radius 3 is 2.74 bits per heavy atom. The molecule has 2 unspecified atom stereocenters. The third kappa shape index (κ3) is 3.95. The minimum absolute atomic E-state index is 0.415. The molecule has 0 aliphatic carbocycles. The highest BCUT2D eigenvalue weighted by molar-refractivity contribution is 6.31. The second kappa shape index (κ2) is 6.74. The monoisotopic (exact) mass is 280 g/mol. The Hall–Kier alpha value is -0.570. The van der Waals surface area contributed by atoms with Crippen molar-refractivity contribution in [2.24, 2.45) is 5.92 Å². The smallest absolute Gasteiger partial charge is 0.0453 e. The molecule has 0 spiro atoms. The molecule has 3 heteroatoms. The molecule has 19 heavy (non-hydrogen) atoms. The van der Waals surface area contributed by atoms with Gasteiger partial charge < -0.3 is 5.32 Å². The zero-order valence-electron chi connectivity index (χ0n) is 12.2. The molecular weight excluding hydrogens is 256 g/mol. The zero-order valence-corrected chi connectivity index (χ0v) is 13.0. The third-order valence-electron chi connectivity index (χ3n) is 4.04. The first kappa shape index (κ1) is 14.8. The van der Waals surface area contributed by atoms with E-state index in [9.17, 15) is 0 Å². The van der Waals surface area contributed by atoms with Crippen molar-refractivity contribution >= 4 is 11.6 Å². The van der Waals surface area contributed by atoms with Gasteiger partial charge in [0.1, 0.15) is 0 Å². The molecule has 1 aromatic rings. The fourth-order valence-corrected chi connectivity index (χ4v) is 3.09. The van der Waals surface area contributed by atoms with Crippen LogP contribution < -0.4 is 5.32 Å². The summed E-state index contributed by atoms with van der Waals surface area (Å²) in [7, 11) is 0. The lowest BCUT2D eigenvalue weighted by Crippen LogP contribution is -2.31. The fraction of sp³-hybridized carbons (Fsp3) is 0.625. The summed E-state index contributed by atoms with van der Waals surface area (Å²) in [5.74, 6) is 0.771. The van der Waals surface area contributed by atoms with Gasteiger partial charge in [-0.05, 0) is 44.0 Å². The molecule has 1 fully saturated rings. The Balaban J connectivity index is 1.92. The zero-order chi connectivity index (χ0) is 13.8. The van der Waals surface area contributed by atoms with Crippen LogP contribution in [0.3, 0.4) is 0 Å². The van der Waals surface area contributed by atoms with Crippen molar-refractivity contribution in [2.45, 2.75) is 39.3 Å². The molecule has 1 saturated heterocycles. The van der Waals surface area contributed by atoms with Crippen molar-refractivity contribution in [1.29, 1.82) is 0 Å². The van der Waals surface area contributed by atoms with Crippen LogP contribution in [0.25, 0.3) is 0 Å². The number of nitrogens with zero attached hydrogens (tertiary/aromatic N) is 1. The summed E-state index contributed by atoms with van der Waals surface area (Å²) in [5, 5.41) is 4.43. The number of hydrogen-bond acceptors (Lipinski definition) is 2. The van der Waals surface area contributed by atoms with Crippen LogP contribution in [0.5, 0.6) is 0 Å². The first-order valence-corrected chi connectivity index (χ1v) is 7.67. The molecule has 106 valence electrons. The molecular formula is C16H25ClN2. The molecule has 2 atom stereocenters. The van der Waals surface area contributed by atoms with Crippen LogP contribution in [0.2, 0.25) is 5.02 Å². The molecule has 0 radical (unpaired) electrons. The maximum atomic E-state index is 6.30. The molecule has 0 saturated carbocycles. The average molecular weight is 281 g/mol. The molecule has 2 nitrogen and oxygen atoms in total. The van der Waals surface area contributed by atoms with Gasteiger partial charge in [0, 0.05) is 23.7 Å². The van der Waals surface area contributed by atoms with E-state index in [1.54, 1.807) is 0 Å². The molecule has 1 aliphatic heterocycles. The van der Waals surface area contributed by atoms with E-state index >= 15 is 0 Å². The topological polar surface area (TPSA) is 15.3 Å². The van der Waals surface area contributed by atoms with Crippen molar-refractivity contribution in [2.75, 3.05) is 19.6 Å². The number of hydrogen-bond donors (Lipinski definition) is 1. The van der Waals surface area contributed by atoms with E-state index in [1.165, 1.54) is 25.1 Å². The average Bonchev–Trinajstić information content (AvgIpc) is 2.85. The van der Waals surface area contributed by atoms with Crippen molar-refractivity contribution in [3.8, 4) is 0 Å². The van der Waals surface area contributed by atoms with Gasteiger partial charge in [-0.3, -0.25) is 4.90 Å². The Labute approximate surface area is 122 Å². The summed E-state index contributed by atoms with van der Waals surface area (Å²) in [4.78, 5) is 2.55. The molecule has 1 N–H and O–H groups in total. The minimum Gasteiger partial charge on any atom is -0.314 e. The van der Waals surface area contributed by atoms with Gasteiger partial charge in [-0.25, -0.2) is 0 Å². The van der Waals surface area contributed by atoms with E-state index < -0.39 is 0 Å². The lowest BCUT2D eigenvalue weighted by Gasteiger charge is -2.25. The SMILES string of the molecule is CC(C)NCC1CCN(C(C)c2ccccc2Cl)C1. The standard InChI is InChI=1S/C16H25ClN2/c1-12(2)18-10-14-8-9-19(11-14)13(3)15-6-4-5-7-16(15)17/h4-7,12-14,18H,8-11H2,1-3H3. The van der Waals surface area contributed by atoms with E-state index in [4.69, 9.17) is 11.6 Å². The third-order valence-corrected chi connectivity index (χ3v) is 4.38. The first-order chi connectivity index (χ1) is 9.08. The molecule has 0 bridgehead atoms. The highest BCUT2D eigenvalue weighted by Crippen LogP contribution is 2.31. The molecule has 1 aromatic carbocycles. The second-order valence-electron chi connectivity index (χ2n) is 5.91. The van der Waals surface area contributed by atoms with Gasteiger partial charge in [0.25, 0.3) is 0 Å². The summed E-state index contributed by atoms with van der Waals surface area (Å²) < 4.78 is 0. The molecule has 1 heterocycles. The van der Waals surface area contributed by atoms with Gasteiger partial charge in [-0.15, -0.1) is 0 Å². The highest BCUT2D eigenvalue weighted by atomic mass is 35.5. The van der Waals surface area contributed by atoms with Crippen LogP contribution in [0.1, 0.15) is 38.8 Å². The summed E-state index contributed by atoms with van der Waals surface area (Å²) in [6.07, 6.45) is 1.29. The van der Waals surface area contributed by atoms with Crippen LogP contribution >= 0.6 is 11.6 Å². The Morgan fingerprint density at radius 1 is 1.32 bits per heavy atom. The van der Waals surface area contributed by atoms with E-state index in [1.807, 2.05) is 12.1 Å². The van der Waals surface area contributed by atoms with Gasteiger partial charge in [0.15, 0.2) is 0 Å². The van der Waals surface area contributed by atoms with Crippen LogP contribution in [0.4, 0.5) is 0 Å². The Kier molecular flexibility index (Phi) is 5.26. The van der Waals surface area contributed by atoms with E-state index in [0.717, 1.165) is 17.5 Å². The number of halogens is 1. The number of benzene rings is 1. The maximum Gasteiger partial charge on any atom is 0.0453 e. The Morgan fingerprint density at radius 2 is 2.05 bits per heavy atom.